The van der Waals surface area contributed by atoms with E-state index in [0.717, 1.165) is 0 Å². The van der Waals surface area contributed by atoms with Gasteiger partial charge in [0.05, 0.1) is 13.1 Å². The summed E-state index contributed by atoms with van der Waals surface area (Å²) < 4.78 is 56.6. The van der Waals surface area contributed by atoms with Crippen LogP contribution in [0.25, 0.3) is 0 Å². The second-order valence-corrected chi connectivity index (χ2v) is 3.51. The topological polar surface area (TPSA) is 77.8 Å². The van der Waals surface area contributed by atoms with E-state index in [2.05, 4.69) is 0 Å². The van der Waals surface area contributed by atoms with E-state index in [1.165, 1.54) is 4.90 Å². The first-order valence-electron chi connectivity index (χ1n) is 4.56. The number of aliphatic carboxylic acids is 2. The van der Waals surface area contributed by atoms with E-state index in [0.29, 0.717) is 0 Å². The van der Waals surface area contributed by atoms with Gasteiger partial charge in [0.15, 0.2) is 0 Å². The maximum Gasteiger partial charge on any atom is 0.490 e. The van der Waals surface area contributed by atoms with Crippen molar-refractivity contribution in [3.63, 3.8) is 0 Å². The molecular formula is C8H10F5NO4. The van der Waals surface area contributed by atoms with Gasteiger partial charge in [0.25, 0.3) is 5.92 Å². The highest BCUT2D eigenvalue weighted by molar-refractivity contribution is 5.73. The first-order valence-corrected chi connectivity index (χ1v) is 4.56. The van der Waals surface area contributed by atoms with Crippen LogP contribution in [-0.4, -0.2) is 58.8 Å². The van der Waals surface area contributed by atoms with E-state index in [1.807, 2.05) is 0 Å². The summed E-state index contributed by atoms with van der Waals surface area (Å²) >= 11 is 0. The average Bonchev–Trinajstić information content (AvgIpc) is 2.43. The van der Waals surface area contributed by atoms with Crippen LogP contribution in [0.3, 0.4) is 0 Å². The van der Waals surface area contributed by atoms with Crippen molar-refractivity contribution < 1.29 is 41.8 Å². The van der Waals surface area contributed by atoms with Crippen LogP contribution in [0.5, 0.6) is 0 Å². The average molecular weight is 279 g/mol. The number of rotatable bonds is 2. The van der Waals surface area contributed by atoms with Crippen molar-refractivity contribution >= 4 is 11.9 Å². The number of nitrogens with zero attached hydrogens (tertiary/aromatic N) is 1. The molecule has 0 spiro atoms. The number of likely N-dealkylation sites (tertiary alicyclic amines) is 1. The highest BCUT2D eigenvalue weighted by Crippen LogP contribution is 2.26. The third-order valence-corrected chi connectivity index (χ3v) is 1.85. The number of hydrogen-bond donors (Lipinski definition) is 2. The first-order chi connectivity index (χ1) is 7.94. The van der Waals surface area contributed by atoms with Crippen LogP contribution in [0.4, 0.5) is 22.0 Å². The molecule has 1 saturated heterocycles. The molecule has 5 nitrogen and oxygen atoms in total. The van der Waals surface area contributed by atoms with Crippen LogP contribution in [0.2, 0.25) is 0 Å². The number of carbonyl (C=O) groups is 2. The van der Waals surface area contributed by atoms with Crippen molar-refractivity contribution in [1.29, 1.82) is 0 Å². The monoisotopic (exact) mass is 279 g/mol. The third kappa shape index (κ3) is 6.99. The van der Waals surface area contributed by atoms with Crippen molar-refractivity contribution in [3.05, 3.63) is 0 Å². The second kappa shape index (κ2) is 5.94. The molecule has 0 saturated carbocycles. The van der Waals surface area contributed by atoms with Crippen molar-refractivity contribution in [1.82, 2.24) is 4.90 Å². The van der Waals surface area contributed by atoms with Crippen molar-refractivity contribution in [3.8, 4) is 0 Å². The zero-order chi connectivity index (χ0) is 14.6. The molecule has 0 radical (unpaired) electrons. The maximum absolute atomic E-state index is 12.4. The maximum atomic E-state index is 12.4. The van der Waals surface area contributed by atoms with E-state index in [1.54, 1.807) is 0 Å². The van der Waals surface area contributed by atoms with E-state index >= 15 is 0 Å². The lowest BCUT2D eigenvalue weighted by atomic mass is 10.3. The molecule has 0 amide bonds. The van der Waals surface area contributed by atoms with E-state index in [9.17, 15) is 26.7 Å². The van der Waals surface area contributed by atoms with Crippen LogP contribution in [0.1, 0.15) is 6.42 Å². The SMILES string of the molecule is O=C(O)C(F)(F)F.O=C(O)CN1CCC(F)(F)C1. The van der Waals surface area contributed by atoms with Gasteiger partial charge >= 0.3 is 18.1 Å². The zero-order valence-corrected chi connectivity index (χ0v) is 8.88. The summed E-state index contributed by atoms with van der Waals surface area (Å²) in [6.07, 6.45) is -5.31. The summed E-state index contributed by atoms with van der Waals surface area (Å²) in [5.74, 6) is -6.50. The molecule has 2 N–H and O–H groups in total. The lowest BCUT2D eigenvalue weighted by Gasteiger charge is -2.11. The number of carboxylic acid groups (broad SMARTS) is 2. The van der Waals surface area contributed by atoms with E-state index in [4.69, 9.17) is 15.0 Å². The Morgan fingerprint density at radius 1 is 1.22 bits per heavy atom. The smallest absolute Gasteiger partial charge is 0.480 e. The number of alkyl halides is 5. The second-order valence-electron chi connectivity index (χ2n) is 3.51. The molecular weight excluding hydrogens is 269 g/mol. The standard InChI is InChI=1S/C6H9F2NO2.C2HF3O2/c7-6(8)1-2-9(4-6)3-5(10)11;3-2(4,5)1(6)7/h1-4H2,(H,10,11);(H,6,7). The fraction of sp³-hybridized carbons (Fsp3) is 0.750. The Kier molecular flexibility index (Phi) is 5.46. The number of carboxylic acids is 2. The largest absolute Gasteiger partial charge is 0.490 e. The van der Waals surface area contributed by atoms with Gasteiger partial charge in [0.2, 0.25) is 0 Å². The molecule has 0 bridgehead atoms. The summed E-state index contributed by atoms with van der Waals surface area (Å²) in [5, 5.41) is 15.4. The Morgan fingerprint density at radius 3 is 1.89 bits per heavy atom. The van der Waals surface area contributed by atoms with Crippen molar-refractivity contribution in [2.75, 3.05) is 19.6 Å². The van der Waals surface area contributed by atoms with Crippen LogP contribution in [0.15, 0.2) is 0 Å². The normalized spacial score (nSPS) is 18.9. The molecule has 0 aromatic rings. The van der Waals surface area contributed by atoms with Gasteiger partial charge in [-0.1, -0.05) is 0 Å². The Hall–Kier alpha value is -1.45. The number of hydrogen-bond acceptors (Lipinski definition) is 3. The Labute approximate surface area is 97.8 Å². The first kappa shape index (κ1) is 16.6. The van der Waals surface area contributed by atoms with E-state index in [-0.39, 0.29) is 19.5 Å². The van der Waals surface area contributed by atoms with E-state index < -0.39 is 30.6 Å². The molecule has 18 heavy (non-hydrogen) atoms. The van der Waals surface area contributed by atoms with Gasteiger partial charge in [0, 0.05) is 13.0 Å². The minimum absolute atomic E-state index is 0.180. The summed E-state index contributed by atoms with van der Waals surface area (Å²) in [6.45, 7) is -0.520. The van der Waals surface area contributed by atoms with Gasteiger partial charge in [-0.3, -0.25) is 9.69 Å². The highest BCUT2D eigenvalue weighted by atomic mass is 19.4. The van der Waals surface area contributed by atoms with Crippen molar-refractivity contribution in [2.24, 2.45) is 0 Å². The molecule has 1 aliphatic heterocycles. The Bertz CT molecular complexity index is 317. The van der Waals surface area contributed by atoms with Gasteiger partial charge in [-0.25, -0.2) is 13.6 Å². The van der Waals surface area contributed by atoms with Gasteiger partial charge in [-0.2, -0.15) is 13.2 Å². The van der Waals surface area contributed by atoms with Gasteiger partial charge < -0.3 is 10.2 Å². The Morgan fingerprint density at radius 2 is 1.67 bits per heavy atom. The van der Waals surface area contributed by atoms with Gasteiger partial charge in [-0.05, 0) is 0 Å². The lowest BCUT2D eigenvalue weighted by molar-refractivity contribution is -0.192. The molecule has 0 unspecified atom stereocenters. The number of halogens is 5. The predicted octanol–water partition coefficient (Wildman–Crippen LogP) is 1.05. The molecule has 0 atom stereocenters. The quantitative estimate of drug-likeness (QED) is 0.739. The molecule has 1 rings (SSSR count). The summed E-state index contributed by atoms with van der Waals surface area (Å²) in [7, 11) is 0. The summed E-state index contributed by atoms with van der Waals surface area (Å²) in [6, 6.07) is 0. The minimum atomic E-state index is -5.08. The van der Waals surface area contributed by atoms with Crippen molar-refractivity contribution in [2.45, 2.75) is 18.5 Å². The molecule has 106 valence electrons. The fourth-order valence-electron chi connectivity index (χ4n) is 1.13. The minimum Gasteiger partial charge on any atom is -0.480 e. The lowest BCUT2D eigenvalue weighted by Crippen LogP contribution is -2.30. The van der Waals surface area contributed by atoms with Crippen LogP contribution >= 0.6 is 0 Å². The van der Waals surface area contributed by atoms with Gasteiger partial charge in [-0.15, -0.1) is 0 Å². The third-order valence-electron chi connectivity index (χ3n) is 1.85. The Balaban J connectivity index is 0.000000360. The molecule has 1 aliphatic rings. The van der Waals surface area contributed by atoms with Gasteiger partial charge in [0.1, 0.15) is 0 Å². The molecule has 1 heterocycles. The molecule has 0 aromatic carbocycles. The van der Waals surface area contributed by atoms with Crippen LogP contribution in [0, 0.1) is 0 Å². The highest BCUT2D eigenvalue weighted by Gasteiger charge is 2.39. The molecule has 0 aliphatic carbocycles. The summed E-state index contributed by atoms with van der Waals surface area (Å²) in [5.41, 5.74) is 0. The van der Waals surface area contributed by atoms with Crippen LogP contribution in [-0.2, 0) is 9.59 Å². The molecule has 10 heteroatoms. The molecule has 1 fully saturated rings. The molecule has 0 aromatic heterocycles. The van der Waals surface area contributed by atoms with Crippen LogP contribution < -0.4 is 0 Å². The summed E-state index contributed by atoms with van der Waals surface area (Å²) in [4.78, 5) is 20.2. The predicted molar refractivity (Wildman–Crippen MR) is 47.3 cm³/mol. The zero-order valence-electron chi connectivity index (χ0n) is 8.88. The fourth-order valence-corrected chi connectivity index (χ4v) is 1.13.